The van der Waals surface area contributed by atoms with Crippen LogP contribution in [0.3, 0.4) is 0 Å². The Morgan fingerprint density at radius 2 is 0.939 bits per heavy atom. The van der Waals surface area contributed by atoms with E-state index in [0.717, 1.165) is 22.9 Å². The van der Waals surface area contributed by atoms with Gasteiger partial charge in [0.2, 0.25) is 0 Å². The molecule has 7 rings (SSSR count). The van der Waals surface area contributed by atoms with Gasteiger partial charge in [0.15, 0.2) is 0 Å². The quantitative estimate of drug-likeness (QED) is 0.191. The van der Waals surface area contributed by atoms with Crippen LogP contribution in [-0.2, 0) is 0 Å². The van der Waals surface area contributed by atoms with Gasteiger partial charge in [0.25, 0.3) is 0 Å². The first-order valence-electron chi connectivity index (χ1n) is 16.6. The molecule has 0 unspecified atom stereocenters. The molecule has 1 heterocycles. The Bertz CT molecular complexity index is 2090. The first-order valence-corrected chi connectivity index (χ1v) is 16.6. The summed E-state index contributed by atoms with van der Waals surface area (Å²) in [5.41, 5.74) is 8.60. The van der Waals surface area contributed by atoms with Crippen LogP contribution in [0.2, 0.25) is 0 Å². The zero-order valence-electron chi connectivity index (χ0n) is 30.8. The van der Waals surface area contributed by atoms with Crippen LogP contribution >= 0.6 is 0 Å². The van der Waals surface area contributed by atoms with E-state index in [0.29, 0.717) is 0 Å². The Morgan fingerprint density at radius 3 is 1.47 bits per heavy atom. The molecule has 252 valence electrons. The fourth-order valence-corrected chi connectivity index (χ4v) is 6.02. The van der Waals surface area contributed by atoms with Crippen molar-refractivity contribution in [2.45, 2.75) is 41.5 Å². The van der Waals surface area contributed by atoms with Gasteiger partial charge >= 0.3 is 0 Å². The number of pyridine rings is 1. The number of fused-ring (bicyclic) bond motifs is 3. The van der Waals surface area contributed by atoms with Gasteiger partial charge in [-0.1, -0.05) is 84.9 Å². The summed E-state index contributed by atoms with van der Waals surface area (Å²) in [7, 11) is 7.58. The summed E-state index contributed by atoms with van der Waals surface area (Å²) in [6.07, 6.45) is 0. The molecule has 4 heteroatoms. The lowest BCUT2D eigenvalue weighted by Gasteiger charge is -2.16. The van der Waals surface area contributed by atoms with Crippen LogP contribution in [-0.4, -0.2) is 33.3 Å². The number of nitrogens with zero attached hydrogens (tertiary/aromatic N) is 2. The van der Waals surface area contributed by atoms with Crippen molar-refractivity contribution in [2.24, 2.45) is 0 Å². The first-order chi connectivity index (χ1) is 23.5. The lowest BCUT2D eigenvalue weighted by Crippen LogP contribution is -2.09. The maximum Gasteiger partial charge on any atom is 0.126 e. The van der Waals surface area contributed by atoms with Gasteiger partial charge in [-0.25, -0.2) is 0 Å². The third-order valence-electron chi connectivity index (χ3n) is 8.16. The minimum Gasteiger partial charge on any atom is -0.497 e. The lowest BCUT2D eigenvalue weighted by molar-refractivity contribution is 0.415. The first kappa shape index (κ1) is 36.5. The molecule has 0 spiro atoms. The fraction of sp³-hybridized carbons (Fsp3) is 0.222. The number of anilines is 1. The number of aryl methyl sites for hydroxylation is 6. The highest BCUT2D eigenvalue weighted by Crippen LogP contribution is 2.28. The second kappa shape index (κ2) is 17.2. The average molecular weight is 651 g/mol. The highest BCUT2D eigenvalue weighted by Gasteiger charge is 2.03. The number of hydrogen-bond acceptors (Lipinski definition) is 4. The molecule has 6 aromatic carbocycles. The maximum atomic E-state index is 5.31. The normalized spacial score (nSPS) is 10.2. The summed E-state index contributed by atoms with van der Waals surface area (Å²) >= 11 is 0. The number of hydrogen-bond donors (Lipinski definition) is 0. The van der Waals surface area contributed by atoms with E-state index in [1.165, 1.54) is 60.3 Å². The van der Waals surface area contributed by atoms with Crippen LogP contribution in [0, 0.1) is 41.5 Å². The van der Waals surface area contributed by atoms with Crippen molar-refractivity contribution in [1.82, 2.24) is 4.98 Å². The van der Waals surface area contributed by atoms with Crippen LogP contribution in [0.15, 0.2) is 121 Å². The summed E-state index contributed by atoms with van der Waals surface area (Å²) in [6, 6.07) is 42.0. The molecular weight excluding hydrogens is 601 g/mol. The predicted molar refractivity (Wildman–Crippen MR) is 212 cm³/mol. The van der Waals surface area contributed by atoms with Crippen molar-refractivity contribution in [1.29, 1.82) is 0 Å². The maximum absolute atomic E-state index is 5.31. The minimum atomic E-state index is 0.927. The summed E-state index contributed by atoms with van der Waals surface area (Å²) in [6.45, 7) is 12.4. The van der Waals surface area contributed by atoms with E-state index in [9.17, 15) is 0 Å². The predicted octanol–water partition coefficient (Wildman–Crippen LogP) is 11.5. The molecule has 0 amide bonds. The van der Waals surface area contributed by atoms with Gasteiger partial charge in [0, 0.05) is 41.9 Å². The highest BCUT2D eigenvalue weighted by molar-refractivity contribution is 5.95. The van der Waals surface area contributed by atoms with Crippen LogP contribution in [0.25, 0.3) is 32.3 Å². The third kappa shape index (κ3) is 10.1. The van der Waals surface area contributed by atoms with Crippen molar-refractivity contribution in [3.63, 3.8) is 0 Å². The number of aromatic nitrogens is 1. The van der Waals surface area contributed by atoms with Crippen molar-refractivity contribution in [3.8, 4) is 11.5 Å². The lowest BCUT2D eigenvalue weighted by atomic mass is 10.1. The molecule has 0 bridgehead atoms. The van der Waals surface area contributed by atoms with Crippen molar-refractivity contribution < 1.29 is 9.47 Å². The molecule has 0 atom stereocenters. The summed E-state index contributed by atoms with van der Waals surface area (Å²) in [5, 5.41) is 7.58. The van der Waals surface area contributed by atoms with Crippen LogP contribution in [0.5, 0.6) is 11.5 Å². The zero-order chi connectivity index (χ0) is 35.5. The summed E-state index contributed by atoms with van der Waals surface area (Å²) in [4.78, 5) is 6.40. The average Bonchev–Trinajstić information content (AvgIpc) is 3.07. The monoisotopic (exact) mass is 650 g/mol. The number of methoxy groups -OCH3 is 2. The van der Waals surface area contributed by atoms with E-state index in [1.807, 2.05) is 32.0 Å². The second-order valence-electron chi connectivity index (χ2n) is 12.7. The molecule has 0 aliphatic heterocycles. The molecular formula is C45H50N2O2. The van der Waals surface area contributed by atoms with Gasteiger partial charge < -0.3 is 14.4 Å². The van der Waals surface area contributed by atoms with Crippen LogP contribution in [0.1, 0.15) is 33.6 Å². The second-order valence-corrected chi connectivity index (χ2v) is 12.7. The Morgan fingerprint density at radius 1 is 0.469 bits per heavy atom. The Balaban J connectivity index is 0.000000149. The van der Waals surface area contributed by atoms with E-state index in [2.05, 4.69) is 155 Å². The molecule has 1 aromatic heterocycles. The van der Waals surface area contributed by atoms with Crippen LogP contribution in [0.4, 0.5) is 5.69 Å². The zero-order valence-corrected chi connectivity index (χ0v) is 30.8. The largest absolute Gasteiger partial charge is 0.497 e. The molecule has 0 aliphatic rings. The highest BCUT2D eigenvalue weighted by atomic mass is 16.5. The van der Waals surface area contributed by atoms with E-state index >= 15 is 0 Å². The van der Waals surface area contributed by atoms with Gasteiger partial charge in [-0.3, -0.25) is 4.98 Å². The molecule has 49 heavy (non-hydrogen) atoms. The fourth-order valence-electron chi connectivity index (χ4n) is 6.02. The number of benzene rings is 6. The van der Waals surface area contributed by atoms with Crippen molar-refractivity contribution in [3.05, 3.63) is 155 Å². The smallest absolute Gasteiger partial charge is 0.126 e. The van der Waals surface area contributed by atoms with Crippen LogP contribution < -0.4 is 14.4 Å². The standard InChI is InChI=1S/C13H15N.2C12H12O.C8H11N/c1-10-8-11-6-4-5-7-12(11)13(9-10)14(2)3;1-9-7-11(13-2)8-10-5-3-4-6-12(9)10;1-9-7-10-5-3-4-6-11(10)12(8-9)13-2;1-6-4-7(2)9-8(3)5-6/h4-9H,1-3H3;2*3-8H,1-2H3;4-5H,1-3H3. The van der Waals surface area contributed by atoms with E-state index in [-0.39, 0.29) is 0 Å². The third-order valence-corrected chi connectivity index (χ3v) is 8.16. The van der Waals surface area contributed by atoms with Gasteiger partial charge in [-0.2, -0.15) is 0 Å². The van der Waals surface area contributed by atoms with Crippen molar-refractivity contribution >= 4 is 38.0 Å². The molecule has 0 radical (unpaired) electrons. The number of rotatable bonds is 3. The summed E-state index contributed by atoms with van der Waals surface area (Å²) < 4.78 is 10.5. The van der Waals surface area contributed by atoms with Gasteiger partial charge in [0.1, 0.15) is 11.5 Å². The Labute approximate surface area is 293 Å². The molecule has 4 nitrogen and oxygen atoms in total. The molecule has 0 aliphatic carbocycles. The Kier molecular flexibility index (Phi) is 12.8. The van der Waals surface area contributed by atoms with Gasteiger partial charge in [-0.05, 0) is 122 Å². The Hall–Kier alpha value is -5.35. The van der Waals surface area contributed by atoms with Crippen molar-refractivity contribution in [2.75, 3.05) is 33.2 Å². The van der Waals surface area contributed by atoms with E-state index < -0.39 is 0 Å². The van der Waals surface area contributed by atoms with Gasteiger partial charge in [-0.15, -0.1) is 0 Å². The molecule has 7 aromatic rings. The SMILES string of the molecule is COc1cc(C)c2ccccc2c1.COc1cc(C)cc2ccccc12.Cc1cc(C)nc(C)c1.Cc1cc(N(C)C)c2ccccc2c1. The number of ether oxygens (including phenoxy) is 2. The topological polar surface area (TPSA) is 34.6 Å². The molecule has 0 saturated carbocycles. The molecule has 0 saturated heterocycles. The molecule has 0 N–H and O–H groups in total. The summed E-state index contributed by atoms with van der Waals surface area (Å²) in [5.74, 6) is 1.88. The molecule has 0 fully saturated rings. The van der Waals surface area contributed by atoms with Gasteiger partial charge in [0.05, 0.1) is 14.2 Å². The van der Waals surface area contributed by atoms with E-state index in [1.54, 1.807) is 14.2 Å². The van der Waals surface area contributed by atoms with E-state index in [4.69, 9.17) is 9.47 Å². The minimum absolute atomic E-state index is 0.927.